The second-order valence-electron chi connectivity index (χ2n) is 4.63. The zero-order chi connectivity index (χ0) is 15.6. The van der Waals surface area contributed by atoms with Crippen molar-refractivity contribution in [2.75, 3.05) is 11.9 Å². The first-order valence-electron chi connectivity index (χ1n) is 6.46. The van der Waals surface area contributed by atoms with Gasteiger partial charge in [-0.15, -0.1) is 0 Å². The van der Waals surface area contributed by atoms with Crippen molar-refractivity contribution in [3.8, 4) is 11.3 Å². The summed E-state index contributed by atoms with van der Waals surface area (Å²) in [4.78, 5) is 18.9. The Labute approximate surface area is 121 Å². The molecule has 0 radical (unpaired) electrons. The van der Waals surface area contributed by atoms with Crippen molar-refractivity contribution in [3.63, 3.8) is 0 Å². The van der Waals surface area contributed by atoms with Gasteiger partial charge < -0.3 is 5.32 Å². The van der Waals surface area contributed by atoms with Crippen LogP contribution in [0.25, 0.3) is 11.3 Å². The Morgan fingerprint density at radius 1 is 1.29 bits per heavy atom. The number of nitro groups is 1. The molecule has 6 nitrogen and oxygen atoms in total. The lowest BCUT2D eigenvalue weighted by molar-refractivity contribution is -0.385. The van der Waals surface area contributed by atoms with Crippen LogP contribution < -0.4 is 5.32 Å². The van der Waals surface area contributed by atoms with Gasteiger partial charge in [-0.05, 0) is 44.5 Å². The maximum atomic E-state index is 13.6. The first-order valence-corrected chi connectivity index (χ1v) is 6.46. The number of aromatic nitrogens is 2. The lowest BCUT2D eigenvalue weighted by Gasteiger charge is -2.09. The summed E-state index contributed by atoms with van der Waals surface area (Å²) >= 11 is 0. The van der Waals surface area contributed by atoms with Gasteiger partial charge in [-0.2, -0.15) is 0 Å². The number of halogens is 1. The van der Waals surface area contributed by atoms with E-state index in [1.54, 1.807) is 13.0 Å². The number of nitrogens with one attached hydrogen (secondary N) is 1. The largest absolute Gasteiger partial charge is 0.354 e. The number of rotatable bonds is 4. The highest BCUT2D eigenvalue weighted by Gasteiger charge is 2.23. The Morgan fingerprint density at radius 3 is 2.57 bits per heavy atom. The van der Waals surface area contributed by atoms with Gasteiger partial charge in [0.1, 0.15) is 11.5 Å². The summed E-state index contributed by atoms with van der Waals surface area (Å²) in [5.74, 6) is -0.168. The van der Waals surface area contributed by atoms with E-state index < -0.39 is 10.7 Å². The molecule has 0 amide bonds. The van der Waals surface area contributed by atoms with E-state index in [9.17, 15) is 14.5 Å². The van der Waals surface area contributed by atoms with Crippen LogP contribution in [0, 0.1) is 29.8 Å². The van der Waals surface area contributed by atoms with E-state index in [0.717, 1.165) is 0 Å². The first-order chi connectivity index (χ1) is 9.92. The zero-order valence-electron chi connectivity index (χ0n) is 12.0. The summed E-state index contributed by atoms with van der Waals surface area (Å²) in [6.45, 7) is 5.71. The Balaban J connectivity index is 2.71. The van der Waals surface area contributed by atoms with Crippen molar-refractivity contribution in [2.45, 2.75) is 20.8 Å². The molecule has 0 spiro atoms. The van der Waals surface area contributed by atoms with Crippen molar-refractivity contribution >= 4 is 11.6 Å². The SMILES string of the molecule is CCNc1nc(C)c([N+](=O)[O-])c(-c2cc(C)cc(F)c2)n1. The lowest BCUT2D eigenvalue weighted by Crippen LogP contribution is -2.07. The number of anilines is 1. The van der Waals surface area contributed by atoms with Crippen LogP contribution in [0.2, 0.25) is 0 Å². The molecule has 1 N–H and O–H groups in total. The molecule has 2 aromatic rings. The summed E-state index contributed by atoms with van der Waals surface area (Å²) in [7, 11) is 0. The number of aryl methyl sites for hydroxylation is 2. The maximum Gasteiger partial charge on any atom is 0.316 e. The molecular weight excluding hydrogens is 275 g/mol. The van der Waals surface area contributed by atoms with Crippen molar-refractivity contribution in [1.29, 1.82) is 0 Å². The predicted molar refractivity (Wildman–Crippen MR) is 77.7 cm³/mol. The average molecular weight is 290 g/mol. The standard InChI is InChI=1S/C14H15FN4O2/c1-4-16-14-17-9(3)13(19(20)21)12(18-14)10-5-8(2)6-11(15)7-10/h5-7H,4H2,1-3H3,(H,16,17,18). The van der Waals surface area contributed by atoms with Gasteiger partial charge in [0.2, 0.25) is 5.95 Å². The van der Waals surface area contributed by atoms with E-state index in [1.807, 2.05) is 6.92 Å². The Kier molecular flexibility index (Phi) is 4.11. The lowest BCUT2D eigenvalue weighted by atomic mass is 10.1. The number of benzene rings is 1. The molecule has 0 atom stereocenters. The van der Waals surface area contributed by atoms with E-state index in [-0.39, 0.29) is 23.0 Å². The normalized spacial score (nSPS) is 10.5. The van der Waals surface area contributed by atoms with Gasteiger partial charge in [-0.3, -0.25) is 10.1 Å². The molecule has 0 saturated heterocycles. The van der Waals surface area contributed by atoms with Crippen LogP contribution in [0.3, 0.4) is 0 Å². The topological polar surface area (TPSA) is 81.0 Å². The third kappa shape index (κ3) is 3.13. The Bertz CT molecular complexity index is 683. The van der Waals surface area contributed by atoms with Crippen LogP contribution in [-0.2, 0) is 0 Å². The van der Waals surface area contributed by atoms with E-state index in [1.165, 1.54) is 19.1 Å². The van der Waals surface area contributed by atoms with E-state index in [2.05, 4.69) is 15.3 Å². The molecule has 0 aliphatic rings. The number of nitrogens with zero attached hydrogens (tertiary/aromatic N) is 3. The van der Waals surface area contributed by atoms with Gasteiger partial charge >= 0.3 is 5.69 Å². The fourth-order valence-electron chi connectivity index (χ4n) is 2.10. The molecule has 1 aromatic carbocycles. The fourth-order valence-corrected chi connectivity index (χ4v) is 2.10. The van der Waals surface area contributed by atoms with Crippen LogP contribution in [0.5, 0.6) is 0 Å². The molecule has 0 saturated carbocycles. The van der Waals surface area contributed by atoms with E-state index in [0.29, 0.717) is 17.7 Å². The number of hydrogen-bond acceptors (Lipinski definition) is 5. The van der Waals surface area contributed by atoms with Gasteiger partial charge in [0.25, 0.3) is 0 Å². The molecule has 1 heterocycles. The van der Waals surface area contributed by atoms with Gasteiger partial charge in [0, 0.05) is 12.1 Å². The summed E-state index contributed by atoms with van der Waals surface area (Å²) in [6.07, 6.45) is 0. The fraction of sp³-hybridized carbons (Fsp3) is 0.286. The molecule has 0 aliphatic heterocycles. The predicted octanol–water partition coefficient (Wildman–Crippen LogP) is 3.24. The highest BCUT2D eigenvalue weighted by molar-refractivity contribution is 5.72. The van der Waals surface area contributed by atoms with Crippen molar-refractivity contribution in [1.82, 2.24) is 9.97 Å². The molecule has 110 valence electrons. The van der Waals surface area contributed by atoms with Crippen molar-refractivity contribution in [3.05, 3.63) is 45.4 Å². The molecular formula is C14H15FN4O2. The first kappa shape index (κ1) is 14.8. The van der Waals surface area contributed by atoms with Crippen LogP contribution >= 0.6 is 0 Å². The van der Waals surface area contributed by atoms with E-state index >= 15 is 0 Å². The highest BCUT2D eigenvalue weighted by atomic mass is 19.1. The highest BCUT2D eigenvalue weighted by Crippen LogP contribution is 2.32. The Morgan fingerprint density at radius 2 is 2.00 bits per heavy atom. The summed E-state index contributed by atoms with van der Waals surface area (Å²) in [6, 6.07) is 4.25. The molecule has 0 fully saturated rings. The van der Waals surface area contributed by atoms with Crippen LogP contribution in [0.15, 0.2) is 18.2 Å². The molecule has 7 heteroatoms. The average Bonchev–Trinajstić information content (AvgIpc) is 2.36. The number of hydrogen-bond donors (Lipinski definition) is 1. The smallest absolute Gasteiger partial charge is 0.316 e. The third-order valence-electron chi connectivity index (χ3n) is 2.89. The van der Waals surface area contributed by atoms with Gasteiger partial charge in [-0.25, -0.2) is 14.4 Å². The van der Waals surface area contributed by atoms with E-state index in [4.69, 9.17) is 0 Å². The molecule has 0 aliphatic carbocycles. The third-order valence-corrected chi connectivity index (χ3v) is 2.89. The maximum absolute atomic E-state index is 13.6. The molecule has 1 aromatic heterocycles. The minimum absolute atomic E-state index is 0.117. The molecule has 0 bridgehead atoms. The monoisotopic (exact) mass is 290 g/mol. The van der Waals surface area contributed by atoms with Gasteiger partial charge in [-0.1, -0.05) is 0 Å². The van der Waals surface area contributed by atoms with Crippen LogP contribution in [0.1, 0.15) is 18.2 Å². The molecule has 2 rings (SSSR count). The summed E-state index contributed by atoms with van der Waals surface area (Å²) in [5, 5.41) is 14.2. The molecule has 21 heavy (non-hydrogen) atoms. The summed E-state index contributed by atoms with van der Waals surface area (Å²) < 4.78 is 13.6. The summed E-state index contributed by atoms with van der Waals surface area (Å²) in [5.41, 5.74) is 1.18. The zero-order valence-corrected chi connectivity index (χ0v) is 12.0. The Hall–Kier alpha value is -2.57. The minimum Gasteiger partial charge on any atom is -0.354 e. The quantitative estimate of drug-likeness (QED) is 0.690. The van der Waals surface area contributed by atoms with Gasteiger partial charge in [0.15, 0.2) is 5.69 Å². The van der Waals surface area contributed by atoms with Crippen LogP contribution in [-0.4, -0.2) is 21.4 Å². The molecule has 0 unspecified atom stereocenters. The van der Waals surface area contributed by atoms with Crippen molar-refractivity contribution in [2.24, 2.45) is 0 Å². The minimum atomic E-state index is -0.541. The van der Waals surface area contributed by atoms with Crippen LogP contribution in [0.4, 0.5) is 16.0 Å². The van der Waals surface area contributed by atoms with Gasteiger partial charge in [0.05, 0.1) is 4.92 Å². The second-order valence-corrected chi connectivity index (χ2v) is 4.63. The second kappa shape index (κ2) is 5.82. The van der Waals surface area contributed by atoms with Crippen molar-refractivity contribution < 1.29 is 9.31 Å².